The van der Waals surface area contributed by atoms with Crippen LogP contribution in [0.3, 0.4) is 0 Å². The van der Waals surface area contributed by atoms with Crippen molar-refractivity contribution < 1.29 is 28.2 Å². The first kappa shape index (κ1) is 39.9. The number of carbonyl (C=O) groups excluding carboxylic acids is 1. The Bertz CT molecular complexity index is 1070. The molecule has 45 heavy (non-hydrogen) atoms. The van der Waals surface area contributed by atoms with E-state index in [2.05, 4.69) is 104 Å². The smallest absolute Gasteiger partial charge is 0.305 e. The summed E-state index contributed by atoms with van der Waals surface area (Å²) in [7, 11) is -0.943. The van der Waals surface area contributed by atoms with Crippen molar-refractivity contribution in [1.29, 1.82) is 0 Å². The highest BCUT2D eigenvalue weighted by Crippen LogP contribution is 2.45. The van der Waals surface area contributed by atoms with Crippen LogP contribution in [0.2, 0.25) is 36.3 Å². The maximum atomic E-state index is 11.5. The van der Waals surface area contributed by atoms with Crippen molar-refractivity contribution in [3.63, 3.8) is 0 Å². The lowest BCUT2D eigenvalue weighted by Gasteiger charge is -2.40. The second-order valence-electron chi connectivity index (χ2n) is 16.2. The molecular weight excluding hydrogens is 597 g/mol. The monoisotopic (exact) mass is 662 g/mol. The molecule has 1 aliphatic carbocycles. The largest absolute Gasteiger partial charge is 0.469 e. The van der Waals surface area contributed by atoms with Crippen molar-refractivity contribution in [3.05, 3.63) is 47.5 Å². The number of ether oxygens (including phenoxy) is 2. The van der Waals surface area contributed by atoms with Gasteiger partial charge in [0.2, 0.25) is 0 Å². The predicted octanol–water partition coefficient (Wildman–Crippen LogP) is 9.22. The molecule has 0 heterocycles. The lowest BCUT2D eigenvalue weighted by Crippen LogP contribution is -2.45. The van der Waals surface area contributed by atoms with E-state index < -0.39 is 22.7 Å². The highest BCUT2D eigenvalue weighted by Gasteiger charge is 2.47. The van der Waals surface area contributed by atoms with Gasteiger partial charge in [-0.05, 0) is 72.6 Å². The highest BCUT2D eigenvalue weighted by atomic mass is 28.4. The Morgan fingerprint density at radius 1 is 0.956 bits per heavy atom. The number of benzene rings is 1. The standard InChI is InChI=1S/C37H66O6Si2/c1-36(2,3)44(9,10)42-30(25-28-18-17-19-29(24-28)27-40-7)22-23-32-31(20-15-13-14-16-21-35(39)41-8)33(38)26-34(32)43-45(11,12)37(4,5)6/h17-19,22-24,30-34,38H,13-16,20-21,25-27H2,1-12H3/b23-22+/t30-,31+,32+,33-,34+/m0/s1. The molecule has 0 aromatic heterocycles. The maximum Gasteiger partial charge on any atom is 0.305 e. The van der Waals surface area contributed by atoms with Gasteiger partial charge in [0.1, 0.15) is 0 Å². The summed E-state index contributed by atoms with van der Waals surface area (Å²) in [6.07, 6.45) is 10.9. The van der Waals surface area contributed by atoms with Gasteiger partial charge in [0.25, 0.3) is 0 Å². The van der Waals surface area contributed by atoms with Gasteiger partial charge in [0.05, 0.1) is 32.0 Å². The van der Waals surface area contributed by atoms with Crippen LogP contribution in [0.1, 0.15) is 97.6 Å². The number of rotatable bonds is 17. The minimum absolute atomic E-state index is 0.0139. The molecule has 0 unspecified atom stereocenters. The van der Waals surface area contributed by atoms with E-state index >= 15 is 0 Å². The first-order chi connectivity index (χ1) is 20.8. The van der Waals surface area contributed by atoms with E-state index in [-0.39, 0.29) is 40.1 Å². The third-order valence-corrected chi connectivity index (χ3v) is 19.6. The van der Waals surface area contributed by atoms with Crippen LogP contribution in [0.4, 0.5) is 0 Å². The molecule has 1 aliphatic rings. The lowest BCUT2D eigenvalue weighted by atomic mass is 9.87. The number of aliphatic hydroxyl groups is 1. The van der Waals surface area contributed by atoms with E-state index in [1.807, 2.05) is 0 Å². The molecule has 1 saturated carbocycles. The Hall–Kier alpha value is -1.30. The summed E-state index contributed by atoms with van der Waals surface area (Å²) < 4.78 is 24.3. The zero-order valence-corrected chi connectivity index (χ0v) is 32.7. The van der Waals surface area contributed by atoms with Crippen LogP contribution in [0.15, 0.2) is 36.4 Å². The number of hydrogen-bond acceptors (Lipinski definition) is 6. The summed E-state index contributed by atoms with van der Waals surface area (Å²) in [6, 6.07) is 8.62. The van der Waals surface area contributed by atoms with Crippen molar-refractivity contribution >= 4 is 22.6 Å². The van der Waals surface area contributed by atoms with Crippen LogP contribution in [-0.2, 0) is 36.1 Å². The van der Waals surface area contributed by atoms with Gasteiger partial charge in [-0.2, -0.15) is 0 Å². The van der Waals surface area contributed by atoms with Crippen molar-refractivity contribution in [1.82, 2.24) is 0 Å². The lowest BCUT2D eigenvalue weighted by molar-refractivity contribution is -0.140. The van der Waals surface area contributed by atoms with Gasteiger partial charge in [0.15, 0.2) is 16.6 Å². The van der Waals surface area contributed by atoms with Gasteiger partial charge in [-0.25, -0.2) is 0 Å². The normalized spacial score (nSPS) is 22.2. The quantitative estimate of drug-likeness (QED) is 0.0776. The fraction of sp³-hybridized carbons (Fsp3) is 0.757. The van der Waals surface area contributed by atoms with Gasteiger partial charge in [-0.1, -0.05) is 97.2 Å². The molecule has 2 rings (SSSR count). The number of unbranched alkanes of at least 4 members (excludes halogenated alkanes) is 3. The van der Waals surface area contributed by atoms with E-state index in [0.717, 1.165) is 38.5 Å². The number of methoxy groups -OCH3 is 2. The number of esters is 1. The van der Waals surface area contributed by atoms with Crippen molar-refractivity contribution in [2.75, 3.05) is 14.2 Å². The second kappa shape index (κ2) is 17.2. The molecule has 6 nitrogen and oxygen atoms in total. The molecule has 0 bridgehead atoms. The second-order valence-corrected chi connectivity index (χ2v) is 25.8. The van der Waals surface area contributed by atoms with Crippen molar-refractivity contribution in [2.45, 2.75) is 154 Å². The molecule has 1 aromatic rings. The first-order valence-electron chi connectivity index (χ1n) is 17.2. The summed E-state index contributed by atoms with van der Waals surface area (Å²) in [5, 5.41) is 11.6. The molecule has 0 spiro atoms. The summed E-state index contributed by atoms with van der Waals surface area (Å²) >= 11 is 0. The SMILES string of the molecule is COCc1cccc(C[C@H](/C=C/[C@@H]2[C@@H](CCCCCCC(=O)OC)[C@@H](O)C[C@H]2O[Si](C)(C)C(C)(C)C)O[Si](C)(C)C(C)(C)C)c1. The maximum absolute atomic E-state index is 11.5. The predicted molar refractivity (Wildman–Crippen MR) is 191 cm³/mol. The molecule has 258 valence electrons. The minimum atomic E-state index is -2.07. The van der Waals surface area contributed by atoms with Crippen LogP contribution < -0.4 is 0 Å². The molecule has 5 atom stereocenters. The van der Waals surface area contributed by atoms with Crippen LogP contribution >= 0.6 is 0 Å². The zero-order chi connectivity index (χ0) is 34.1. The topological polar surface area (TPSA) is 74.2 Å². The minimum Gasteiger partial charge on any atom is -0.469 e. The van der Waals surface area contributed by atoms with Gasteiger partial charge in [0, 0.05) is 25.9 Å². The Labute approximate surface area is 277 Å². The Kier molecular flexibility index (Phi) is 15.2. The fourth-order valence-electron chi connectivity index (χ4n) is 5.74. The summed E-state index contributed by atoms with van der Waals surface area (Å²) in [6.45, 7) is 23.6. The molecule has 0 radical (unpaired) electrons. The van der Waals surface area contributed by atoms with Crippen LogP contribution in [0.25, 0.3) is 0 Å². The molecule has 0 saturated heterocycles. The van der Waals surface area contributed by atoms with E-state index in [4.69, 9.17) is 18.3 Å². The Morgan fingerprint density at radius 2 is 1.58 bits per heavy atom. The van der Waals surface area contributed by atoms with E-state index in [1.165, 1.54) is 18.2 Å². The van der Waals surface area contributed by atoms with Crippen LogP contribution in [-0.4, -0.2) is 60.2 Å². The van der Waals surface area contributed by atoms with Crippen molar-refractivity contribution in [3.8, 4) is 0 Å². The Balaban J connectivity index is 2.36. The van der Waals surface area contributed by atoms with E-state index in [9.17, 15) is 9.90 Å². The van der Waals surface area contributed by atoms with Crippen LogP contribution in [0, 0.1) is 11.8 Å². The molecule has 8 heteroatoms. The number of aliphatic hydroxyl groups excluding tert-OH is 1. The average molecular weight is 663 g/mol. The summed E-state index contributed by atoms with van der Waals surface area (Å²) in [5.74, 6) is 0.113. The molecular formula is C37H66O6Si2. The summed E-state index contributed by atoms with van der Waals surface area (Å²) in [5.41, 5.74) is 2.40. The van der Waals surface area contributed by atoms with Gasteiger partial charge >= 0.3 is 5.97 Å². The molecule has 1 N–H and O–H groups in total. The fourth-order valence-corrected chi connectivity index (χ4v) is 8.38. The third-order valence-electron chi connectivity index (χ3n) is 10.6. The average Bonchev–Trinajstić information content (AvgIpc) is 3.20. The third kappa shape index (κ3) is 12.3. The van der Waals surface area contributed by atoms with Crippen LogP contribution in [0.5, 0.6) is 0 Å². The van der Waals surface area contributed by atoms with Gasteiger partial charge in [-0.15, -0.1) is 0 Å². The van der Waals surface area contributed by atoms with Crippen molar-refractivity contribution in [2.24, 2.45) is 11.8 Å². The first-order valence-corrected chi connectivity index (χ1v) is 23.0. The van der Waals surface area contributed by atoms with Gasteiger partial charge in [-0.3, -0.25) is 4.79 Å². The zero-order valence-electron chi connectivity index (χ0n) is 30.7. The van der Waals surface area contributed by atoms with E-state index in [0.29, 0.717) is 19.4 Å². The number of hydrogen-bond donors (Lipinski definition) is 1. The Morgan fingerprint density at radius 3 is 2.18 bits per heavy atom. The van der Waals surface area contributed by atoms with E-state index in [1.54, 1.807) is 7.11 Å². The summed E-state index contributed by atoms with van der Waals surface area (Å²) in [4.78, 5) is 11.5. The molecule has 1 fully saturated rings. The molecule has 0 aliphatic heterocycles. The molecule has 0 amide bonds. The molecule has 1 aromatic carbocycles. The number of carbonyl (C=O) groups is 1. The van der Waals surface area contributed by atoms with Gasteiger partial charge < -0.3 is 23.4 Å². The highest BCUT2D eigenvalue weighted by molar-refractivity contribution is 6.74.